The van der Waals surface area contributed by atoms with Gasteiger partial charge in [0.1, 0.15) is 0 Å². The Labute approximate surface area is 89.0 Å². The largest absolute Gasteiger partial charge is 0.326 e. The molecular weight excluding hydrogens is 186 g/mol. The van der Waals surface area contributed by atoms with Crippen LogP contribution in [-0.2, 0) is 6.54 Å². The maximum atomic E-state index is 5.58. The van der Waals surface area contributed by atoms with Gasteiger partial charge >= 0.3 is 0 Å². The number of nitrogens with two attached hydrogens (primary N) is 1. The van der Waals surface area contributed by atoms with Crippen LogP contribution in [0, 0.1) is 6.92 Å². The van der Waals surface area contributed by atoms with E-state index < -0.39 is 0 Å². The van der Waals surface area contributed by atoms with Crippen molar-refractivity contribution in [1.82, 2.24) is 9.97 Å². The van der Waals surface area contributed by atoms with Crippen LogP contribution in [0.25, 0.3) is 11.4 Å². The zero-order chi connectivity index (χ0) is 10.7. The molecule has 1 aromatic carbocycles. The molecule has 0 radical (unpaired) electrons. The van der Waals surface area contributed by atoms with Gasteiger partial charge in [-0.25, -0.2) is 9.97 Å². The van der Waals surface area contributed by atoms with Gasteiger partial charge in [-0.05, 0) is 24.1 Å². The minimum absolute atomic E-state index is 0.541. The van der Waals surface area contributed by atoms with Crippen LogP contribution in [0.2, 0.25) is 0 Å². The monoisotopic (exact) mass is 199 g/mol. The van der Waals surface area contributed by atoms with Gasteiger partial charge < -0.3 is 5.73 Å². The highest BCUT2D eigenvalue weighted by molar-refractivity contribution is 5.55. The summed E-state index contributed by atoms with van der Waals surface area (Å²) in [6.07, 6.45) is 3.63. The van der Waals surface area contributed by atoms with Crippen LogP contribution in [0.1, 0.15) is 11.1 Å². The molecule has 0 aliphatic heterocycles. The number of rotatable bonds is 2. The predicted molar refractivity (Wildman–Crippen MR) is 60.1 cm³/mol. The molecule has 0 spiro atoms. The maximum absolute atomic E-state index is 5.58. The Hall–Kier alpha value is -1.74. The summed E-state index contributed by atoms with van der Waals surface area (Å²) in [5.41, 5.74) is 8.75. The summed E-state index contributed by atoms with van der Waals surface area (Å²) in [6, 6.07) is 7.98. The van der Waals surface area contributed by atoms with Crippen molar-refractivity contribution in [2.24, 2.45) is 5.73 Å². The van der Waals surface area contributed by atoms with Crippen LogP contribution in [0.5, 0.6) is 0 Å². The lowest BCUT2D eigenvalue weighted by atomic mass is 10.1. The third kappa shape index (κ3) is 2.19. The molecule has 2 aromatic rings. The summed E-state index contributed by atoms with van der Waals surface area (Å²) < 4.78 is 0. The summed E-state index contributed by atoms with van der Waals surface area (Å²) in [5.74, 6) is 0.746. The minimum Gasteiger partial charge on any atom is -0.326 e. The molecule has 0 atom stereocenters. The van der Waals surface area contributed by atoms with Crippen molar-refractivity contribution in [3.8, 4) is 11.4 Å². The van der Waals surface area contributed by atoms with Gasteiger partial charge in [-0.1, -0.05) is 18.2 Å². The molecule has 15 heavy (non-hydrogen) atoms. The van der Waals surface area contributed by atoms with E-state index in [-0.39, 0.29) is 0 Å². The molecule has 0 aliphatic rings. The summed E-state index contributed by atoms with van der Waals surface area (Å²) in [5, 5.41) is 0. The first-order chi connectivity index (χ1) is 7.29. The van der Waals surface area contributed by atoms with Crippen molar-refractivity contribution in [1.29, 1.82) is 0 Å². The number of nitrogens with zero attached hydrogens (tertiary/aromatic N) is 2. The fourth-order valence-corrected chi connectivity index (χ4v) is 1.38. The highest BCUT2D eigenvalue weighted by atomic mass is 14.9. The second-order valence-electron chi connectivity index (χ2n) is 3.49. The van der Waals surface area contributed by atoms with Crippen LogP contribution in [0.4, 0.5) is 0 Å². The van der Waals surface area contributed by atoms with Gasteiger partial charge in [0.05, 0.1) is 0 Å². The van der Waals surface area contributed by atoms with Crippen molar-refractivity contribution in [2.75, 3.05) is 0 Å². The van der Waals surface area contributed by atoms with Crippen LogP contribution in [0.15, 0.2) is 36.7 Å². The average Bonchev–Trinajstić information content (AvgIpc) is 2.30. The van der Waals surface area contributed by atoms with Gasteiger partial charge in [-0.3, -0.25) is 0 Å². The zero-order valence-corrected chi connectivity index (χ0v) is 8.64. The first kappa shape index (κ1) is 9.80. The fourth-order valence-electron chi connectivity index (χ4n) is 1.38. The lowest BCUT2D eigenvalue weighted by molar-refractivity contribution is 1.07. The Morgan fingerprint density at radius 2 is 1.93 bits per heavy atom. The SMILES string of the molecule is Cc1cnc(-c2cccc(CN)c2)nc1. The second kappa shape index (κ2) is 4.19. The van der Waals surface area contributed by atoms with E-state index in [0.29, 0.717) is 6.54 Å². The highest BCUT2D eigenvalue weighted by Crippen LogP contribution is 2.15. The molecule has 0 bridgehead atoms. The molecule has 1 aromatic heterocycles. The van der Waals surface area contributed by atoms with Gasteiger partial charge in [-0.2, -0.15) is 0 Å². The number of aryl methyl sites for hydroxylation is 1. The molecule has 0 aliphatic carbocycles. The Bertz CT molecular complexity index is 449. The lowest BCUT2D eigenvalue weighted by Gasteiger charge is -2.02. The van der Waals surface area contributed by atoms with Crippen LogP contribution in [-0.4, -0.2) is 9.97 Å². The zero-order valence-electron chi connectivity index (χ0n) is 8.64. The third-order valence-corrected chi connectivity index (χ3v) is 2.20. The molecule has 0 unspecified atom stereocenters. The van der Waals surface area contributed by atoms with E-state index in [2.05, 4.69) is 9.97 Å². The van der Waals surface area contributed by atoms with E-state index in [9.17, 15) is 0 Å². The van der Waals surface area contributed by atoms with E-state index >= 15 is 0 Å². The Kier molecular flexibility index (Phi) is 2.74. The van der Waals surface area contributed by atoms with Crippen LogP contribution in [0.3, 0.4) is 0 Å². The molecule has 3 heteroatoms. The van der Waals surface area contributed by atoms with Gasteiger partial charge in [0.25, 0.3) is 0 Å². The predicted octanol–water partition coefficient (Wildman–Crippen LogP) is 1.91. The summed E-state index contributed by atoms with van der Waals surface area (Å²) in [6.45, 7) is 2.51. The van der Waals surface area contributed by atoms with Crippen molar-refractivity contribution in [2.45, 2.75) is 13.5 Å². The van der Waals surface area contributed by atoms with Gasteiger partial charge in [0.2, 0.25) is 0 Å². The van der Waals surface area contributed by atoms with E-state index in [0.717, 1.165) is 22.5 Å². The summed E-state index contributed by atoms with van der Waals surface area (Å²) in [7, 11) is 0. The van der Waals surface area contributed by atoms with Gasteiger partial charge in [0.15, 0.2) is 5.82 Å². The van der Waals surface area contributed by atoms with Crippen molar-refractivity contribution in [3.63, 3.8) is 0 Å². The molecule has 0 fully saturated rings. The third-order valence-electron chi connectivity index (χ3n) is 2.20. The molecule has 1 heterocycles. The second-order valence-corrected chi connectivity index (χ2v) is 3.49. The number of aromatic nitrogens is 2. The van der Waals surface area contributed by atoms with Gasteiger partial charge in [0, 0.05) is 24.5 Å². The maximum Gasteiger partial charge on any atom is 0.159 e. The summed E-state index contributed by atoms with van der Waals surface area (Å²) >= 11 is 0. The quantitative estimate of drug-likeness (QED) is 0.803. The van der Waals surface area contributed by atoms with Crippen LogP contribution < -0.4 is 5.73 Å². The summed E-state index contributed by atoms with van der Waals surface area (Å²) in [4.78, 5) is 8.54. The molecule has 2 N–H and O–H groups in total. The van der Waals surface area contributed by atoms with E-state index in [1.165, 1.54) is 0 Å². The highest BCUT2D eigenvalue weighted by Gasteiger charge is 2.00. The van der Waals surface area contributed by atoms with Gasteiger partial charge in [-0.15, -0.1) is 0 Å². The van der Waals surface area contributed by atoms with Crippen LogP contribution >= 0.6 is 0 Å². The Morgan fingerprint density at radius 3 is 2.60 bits per heavy atom. The molecule has 0 amide bonds. The minimum atomic E-state index is 0.541. The molecule has 0 saturated carbocycles. The Balaban J connectivity index is 2.40. The van der Waals surface area contributed by atoms with E-state index in [1.54, 1.807) is 0 Å². The molecule has 76 valence electrons. The fraction of sp³-hybridized carbons (Fsp3) is 0.167. The number of hydrogen-bond acceptors (Lipinski definition) is 3. The van der Waals surface area contributed by atoms with E-state index in [1.807, 2.05) is 43.6 Å². The van der Waals surface area contributed by atoms with Crippen molar-refractivity contribution < 1.29 is 0 Å². The first-order valence-corrected chi connectivity index (χ1v) is 4.87. The lowest BCUT2D eigenvalue weighted by Crippen LogP contribution is -1.96. The average molecular weight is 199 g/mol. The standard InChI is InChI=1S/C12H13N3/c1-9-7-14-12(15-8-9)11-4-2-3-10(5-11)6-13/h2-5,7-8H,6,13H2,1H3. The van der Waals surface area contributed by atoms with E-state index in [4.69, 9.17) is 5.73 Å². The Morgan fingerprint density at radius 1 is 1.20 bits per heavy atom. The molecular formula is C12H13N3. The number of benzene rings is 1. The first-order valence-electron chi connectivity index (χ1n) is 4.87. The van der Waals surface area contributed by atoms with Crippen molar-refractivity contribution >= 4 is 0 Å². The smallest absolute Gasteiger partial charge is 0.159 e. The molecule has 2 rings (SSSR count). The molecule has 0 saturated heterocycles. The number of hydrogen-bond donors (Lipinski definition) is 1. The normalized spacial score (nSPS) is 10.3. The van der Waals surface area contributed by atoms with Crippen molar-refractivity contribution in [3.05, 3.63) is 47.8 Å². The topological polar surface area (TPSA) is 51.8 Å². The molecule has 3 nitrogen and oxygen atoms in total.